The van der Waals surface area contributed by atoms with Crippen molar-refractivity contribution in [2.45, 2.75) is 19.5 Å². The Balaban J connectivity index is 2.51. The first-order valence-electron chi connectivity index (χ1n) is 5.51. The predicted molar refractivity (Wildman–Crippen MR) is 68.2 cm³/mol. The molecule has 0 amide bonds. The Morgan fingerprint density at radius 2 is 1.89 bits per heavy atom. The zero-order chi connectivity index (χ0) is 14.0. The van der Waals surface area contributed by atoms with Crippen molar-refractivity contribution in [2.24, 2.45) is 0 Å². The van der Waals surface area contributed by atoms with Gasteiger partial charge >= 0.3 is 6.18 Å². The molecule has 2 aromatic rings. The lowest BCUT2D eigenvalue weighted by Gasteiger charge is -2.06. The van der Waals surface area contributed by atoms with E-state index in [9.17, 15) is 13.2 Å². The SMILES string of the molecule is [C-]#[N+]c1ccc(-c2nsc(C(F)(F)F)c2CC)cc1. The normalized spacial score (nSPS) is 11.3. The van der Waals surface area contributed by atoms with Gasteiger partial charge in [0.2, 0.25) is 0 Å². The van der Waals surface area contributed by atoms with Gasteiger partial charge in [0.05, 0.1) is 12.3 Å². The highest BCUT2D eigenvalue weighted by atomic mass is 32.1. The van der Waals surface area contributed by atoms with E-state index in [2.05, 4.69) is 9.22 Å². The fourth-order valence-electron chi connectivity index (χ4n) is 1.78. The predicted octanol–water partition coefficient (Wildman–Crippen LogP) is 4.94. The molecule has 0 aliphatic carbocycles. The minimum Gasteiger partial charge on any atom is -0.238 e. The van der Waals surface area contributed by atoms with Crippen LogP contribution in [0.5, 0.6) is 0 Å². The molecule has 98 valence electrons. The molecule has 0 saturated heterocycles. The lowest BCUT2D eigenvalue weighted by atomic mass is 10.0. The fraction of sp³-hybridized carbons (Fsp3) is 0.231. The molecular formula is C13H9F3N2S. The molecule has 1 heterocycles. The molecule has 0 atom stereocenters. The third-order valence-electron chi connectivity index (χ3n) is 2.67. The Kier molecular flexibility index (Phi) is 3.58. The van der Waals surface area contributed by atoms with E-state index in [-0.39, 0.29) is 12.0 Å². The highest BCUT2D eigenvalue weighted by Gasteiger charge is 2.37. The van der Waals surface area contributed by atoms with E-state index >= 15 is 0 Å². The van der Waals surface area contributed by atoms with E-state index in [4.69, 9.17) is 6.57 Å². The number of benzene rings is 1. The molecule has 0 aliphatic heterocycles. The number of rotatable bonds is 2. The third-order valence-corrected chi connectivity index (χ3v) is 3.60. The van der Waals surface area contributed by atoms with E-state index in [1.54, 1.807) is 31.2 Å². The van der Waals surface area contributed by atoms with E-state index in [1.807, 2.05) is 0 Å². The second-order valence-electron chi connectivity index (χ2n) is 3.85. The van der Waals surface area contributed by atoms with Crippen molar-refractivity contribution in [1.29, 1.82) is 0 Å². The van der Waals surface area contributed by atoms with Gasteiger partial charge in [-0.15, -0.1) is 0 Å². The van der Waals surface area contributed by atoms with Crippen molar-refractivity contribution in [3.05, 3.63) is 46.1 Å². The van der Waals surface area contributed by atoms with Crippen molar-refractivity contribution in [3.63, 3.8) is 0 Å². The molecule has 1 aromatic carbocycles. The standard InChI is InChI=1S/C13H9F3N2S/c1-3-10-11(18-19-12(10)13(14,15)16)8-4-6-9(17-2)7-5-8/h4-7H,3H2,1H3. The topological polar surface area (TPSA) is 17.2 Å². The maximum Gasteiger partial charge on any atom is 0.427 e. The Hall–Kier alpha value is -1.87. The van der Waals surface area contributed by atoms with Gasteiger partial charge in [-0.2, -0.15) is 17.5 Å². The average molecular weight is 282 g/mol. The summed E-state index contributed by atoms with van der Waals surface area (Å²) in [6, 6.07) is 6.41. The van der Waals surface area contributed by atoms with Crippen molar-refractivity contribution < 1.29 is 13.2 Å². The molecule has 0 spiro atoms. The highest BCUT2D eigenvalue weighted by molar-refractivity contribution is 7.06. The molecule has 0 aliphatic rings. The molecule has 0 bridgehead atoms. The van der Waals surface area contributed by atoms with Gasteiger partial charge in [0.1, 0.15) is 4.88 Å². The molecule has 0 radical (unpaired) electrons. The first kappa shape index (κ1) is 13.6. The van der Waals surface area contributed by atoms with Gasteiger partial charge in [0.25, 0.3) is 0 Å². The van der Waals surface area contributed by atoms with Crippen LogP contribution in [0.15, 0.2) is 24.3 Å². The summed E-state index contributed by atoms with van der Waals surface area (Å²) in [5, 5.41) is 0. The fourth-order valence-corrected chi connectivity index (χ4v) is 2.63. The average Bonchev–Trinajstić information content (AvgIpc) is 2.82. The molecule has 0 saturated carbocycles. The highest BCUT2D eigenvalue weighted by Crippen LogP contribution is 2.40. The van der Waals surface area contributed by atoms with E-state index < -0.39 is 11.1 Å². The van der Waals surface area contributed by atoms with Crippen LogP contribution in [0.2, 0.25) is 0 Å². The first-order valence-corrected chi connectivity index (χ1v) is 6.28. The second-order valence-corrected chi connectivity index (χ2v) is 4.62. The van der Waals surface area contributed by atoms with Crippen molar-refractivity contribution in [1.82, 2.24) is 4.37 Å². The number of hydrogen-bond acceptors (Lipinski definition) is 2. The van der Waals surface area contributed by atoms with Gasteiger partial charge in [0, 0.05) is 5.56 Å². The molecule has 2 nitrogen and oxygen atoms in total. The molecule has 19 heavy (non-hydrogen) atoms. The first-order chi connectivity index (χ1) is 8.97. The zero-order valence-corrected chi connectivity index (χ0v) is 10.8. The Morgan fingerprint density at radius 3 is 2.37 bits per heavy atom. The molecule has 1 aromatic heterocycles. The molecule has 6 heteroatoms. The largest absolute Gasteiger partial charge is 0.427 e. The van der Waals surface area contributed by atoms with Crippen LogP contribution in [0, 0.1) is 6.57 Å². The van der Waals surface area contributed by atoms with Crippen LogP contribution in [0.3, 0.4) is 0 Å². The molecule has 0 fully saturated rings. The van der Waals surface area contributed by atoms with Crippen LogP contribution in [0.1, 0.15) is 17.4 Å². The van der Waals surface area contributed by atoms with E-state index in [0.29, 0.717) is 28.5 Å². The van der Waals surface area contributed by atoms with Gasteiger partial charge in [-0.25, -0.2) is 4.85 Å². The van der Waals surface area contributed by atoms with Crippen LogP contribution in [0.25, 0.3) is 16.1 Å². The Bertz CT molecular complexity index is 621. The minimum atomic E-state index is -4.36. The zero-order valence-electron chi connectivity index (χ0n) is 9.95. The van der Waals surface area contributed by atoms with Crippen LogP contribution in [-0.2, 0) is 12.6 Å². The number of halogens is 3. The van der Waals surface area contributed by atoms with Gasteiger partial charge in [-0.3, -0.25) is 0 Å². The smallest absolute Gasteiger partial charge is 0.238 e. The second kappa shape index (κ2) is 5.02. The molecular weight excluding hydrogens is 273 g/mol. The number of aromatic nitrogens is 1. The van der Waals surface area contributed by atoms with Crippen LogP contribution in [-0.4, -0.2) is 4.37 Å². The lowest BCUT2D eigenvalue weighted by Crippen LogP contribution is -2.05. The van der Waals surface area contributed by atoms with E-state index in [1.165, 1.54) is 0 Å². The van der Waals surface area contributed by atoms with Gasteiger partial charge < -0.3 is 0 Å². The van der Waals surface area contributed by atoms with Gasteiger partial charge in [-0.05, 0) is 23.5 Å². The Morgan fingerprint density at radius 1 is 1.26 bits per heavy atom. The summed E-state index contributed by atoms with van der Waals surface area (Å²) in [6.45, 7) is 8.52. The summed E-state index contributed by atoms with van der Waals surface area (Å²) in [5.41, 5.74) is 1.63. The van der Waals surface area contributed by atoms with Crippen molar-refractivity contribution >= 4 is 17.2 Å². The molecule has 2 rings (SSSR count). The summed E-state index contributed by atoms with van der Waals surface area (Å²) in [5.74, 6) is 0. The maximum absolute atomic E-state index is 12.8. The quantitative estimate of drug-likeness (QED) is 0.713. The maximum atomic E-state index is 12.8. The summed E-state index contributed by atoms with van der Waals surface area (Å²) in [7, 11) is 0. The Labute approximate surface area is 112 Å². The summed E-state index contributed by atoms with van der Waals surface area (Å²) in [6.07, 6.45) is -4.09. The van der Waals surface area contributed by atoms with Crippen molar-refractivity contribution in [2.75, 3.05) is 0 Å². The van der Waals surface area contributed by atoms with Gasteiger partial charge in [0.15, 0.2) is 5.69 Å². The monoisotopic (exact) mass is 282 g/mol. The van der Waals surface area contributed by atoms with Gasteiger partial charge in [-0.1, -0.05) is 31.2 Å². The lowest BCUT2D eigenvalue weighted by molar-refractivity contribution is -0.134. The van der Waals surface area contributed by atoms with Crippen LogP contribution >= 0.6 is 11.5 Å². The summed E-state index contributed by atoms with van der Waals surface area (Å²) >= 11 is 0.477. The molecule has 0 N–H and O–H groups in total. The number of hydrogen-bond donors (Lipinski definition) is 0. The third kappa shape index (κ3) is 2.61. The number of alkyl halides is 3. The molecule has 0 unspecified atom stereocenters. The summed E-state index contributed by atoms with van der Waals surface area (Å²) < 4.78 is 42.4. The van der Waals surface area contributed by atoms with Crippen molar-refractivity contribution in [3.8, 4) is 11.3 Å². The number of nitrogens with zero attached hydrogens (tertiary/aromatic N) is 2. The van der Waals surface area contributed by atoms with Crippen LogP contribution in [0.4, 0.5) is 18.9 Å². The van der Waals surface area contributed by atoms with Crippen LogP contribution < -0.4 is 0 Å². The minimum absolute atomic E-state index is 0.216. The summed E-state index contributed by atoms with van der Waals surface area (Å²) in [4.78, 5) is 2.61. The van der Waals surface area contributed by atoms with E-state index in [0.717, 1.165) is 0 Å².